The van der Waals surface area contributed by atoms with Crippen LogP contribution in [-0.2, 0) is 10.8 Å². The van der Waals surface area contributed by atoms with E-state index in [9.17, 15) is 0 Å². The van der Waals surface area contributed by atoms with Gasteiger partial charge in [0, 0.05) is 33.4 Å². The Bertz CT molecular complexity index is 4880. The van der Waals surface area contributed by atoms with Gasteiger partial charge in [-0.05, 0) is 166 Å². The maximum Gasteiger partial charge on any atom is 0.0746 e. The van der Waals surface area contributed by atoms with E-state index in [1.54, 1.807) is 0 Å². The Hall–Kier alpha value is -10.5. The second-order valence-corrected chi connectivity index (χ2v) is 22.6. The molecule has 0 saturated heterocycles. The lowest BCUT2D eigenvalue weighted by Crippen LogP contribution is -2.28. The zero-order chi connectivity index (χ0) is 53.7. The Morgan fingerprint density at radius 3 is 1.32 bits per heavy atom. The smallest absolute Gasteiger partial charge is 0.0746 e. The molecule has 0 saturated carbocycles. The van der Waals surface area contributed by atoms with Crippen molar-refractivity contribution in [3.05, 3.63) is 348 Å². The zero-order valence-corrected chi connectivity index (χ0v) is 44.8. The number of anilines is 3. The van der Waals surface area contributed by atoms with Gasteiger partial charge in [-0.1, -0.05) is 243 Å². The minimum absolute atomic E-state index is 0.567. The minimum atomic E-state index is -0.627. The molecule has 0 unspecified atom stereocenters. The van der Waals surface area contributed by atoms with Crippen LogP contribution in [0.1, 0.15) is 44.5 Å². The molecule has 2 heteroatoms. The summed E-state index contributed by atoms with van der Waals surface area (Å²) in [6, 6.07) is 114. The van der Waals surface area contributed by atoms with Crippen LogP contribution in [-0.4, -0.2) is 4.57 Å². The maximum absolute atomic E-state index is 2.59. The summed E-state index contributed by atoms with van der Waals surface area (Å²) in [5.41, 5.74) is 31.3. The van der Waals surface area contributed by atoms with Crippen molar-refractivity contribution in [2.45, 2.75) is 10.8 Å². The zero-order valence-electron chi connectivity index (χ0n) is 44.8. The molecule has 4 aliphatic rings. The van der Waals surface area contributed by atoms with Gasteiger partial charge < -0.3 is 9.47 Å². The van der Waals surface area contributed by atoms with Gasteiger partial charge in [0.2, 0.25) is 0 Å². The fourth-order valence-corrected chi connectivity index (χ4v) is 15.7. The van der Waals surface area contributed by atoms with E-state index in [1.807, 2.05) is 0 Å². The molecule has 2 spiro atoms. The standard InChI is InChI=1S/C80H50N2/c1-3-21-51(22-4-1)52-41-44-55(45-42-52)81(76-40-20-32-65-62-29-11-17-37-71(62)80(78(65)76)69-35-15-9-27-60(69)61-28-10-16-36-70(61)80)56-46-48-64-63-47-43-53(49-72(63)79(73(64)50-56)67-33-13-7-25-58(67)59-26-8-14-34-68(59)79)57-31-19-39-75-77(57)66-30-12-18-38-74(66)82(75)54-23-5-2-6-24-54/h1-50H. The van der Waals surface area contributed by atoms with Gasteiger partial charge >= 0.3 is 0 Å². The van der Waals surface area contributed by atoms with E-state index in [0.29, 0.717) is 0 Å². The predicted molar refractivity (Wildman–Crippen MR) is 339 cm³/mol. The summed E-state index contributed by atoms with van der Waals surface area (Å²) in [7, 11) is 0. The number of aromatic nitrogens is 1. The number of rotatable bonds is 6. The van der Waals surface area contributed by atoms with Gasteiger partial charge in [-0.2, -0.15) is 0 Å². The molecule has 13 aromatic carbocycles. The van der Waals surface area contributed by atoms with Gasteiger partial charge in [0.05, 0.1) is 27.6 Å². The average molecular weight is 1040 g/mol. The SMILES string of the molecule is c1ccc(-c2ccc(N(c3ccc4c(c3)C3(c5ccccc5-c5ccccc53)c3cc(-c5cccc6c5c5ccccc5n6-c5ccccc5)ccc3-4)c3cccc4c3C3(c5ccccc5-c5ccccc53)c3ccccc3-4)cc2)cc1. The molecule has 0 N–H and O–H groups in total. The van der Waals surface area contributed by atoms with E-state index in [0.717, 1.165) is 22.7 Å². The van der Waals surface area contributed by atoms with E-state index in [2.05, 4.69) is 313 Å². The number of fused-ring (bicyclic) bond motifs is 23. The normalized spacial score (nSPS) is 13.8. The summed E-state index contributed by atoms with van der Waals surface area (Å²) < 4.78 is 2.43. The maximum atomic E-state index is 2.59. The first-order valence-electron chi connectivity index (χ1n) is 28.7. The number of para-hydroxylation sites is 2. The summed E-state index contributed by atoms with van der Waals surface area (Å²) in [6.07, 6.45) is 0. The number of nitrogens with zero attached hydrogens (tertiary/aromatic N) is 2. The average Bonchev–Trinajstić information content (AvgIpc) is 1.65. The lowest BCUT2D eigenvalue weighted by molar-refractivity contribution is 0.790. The van der Waals surface area contributed by atoms with Crippen molar-refractivity contribution in [2.24, 2.45) is 0 Å². The molecular weight excluding hydrogens is 989 g/mol. The molecule has 0 bridgehead atoms. The predicted octanol–water partition coefficient (Wildman–Crippen LogP) is 20.3. The van der Waals surface area contributed by atoms with Crippen molar-refractivity contribution in [1.29, 1.82) is 0 Å². The molecule has 18 rings (SSSR count). The van der Waals surface area contributed by atoms with Crippen LogP contribution >= 0.6 is 0 Å². The van der Waals surface area contributed by atoms with E-state index in [1.165, 1.54) is 133 Å². The van der Waals surface area contributed by atoms with Crippen molar-refractivity contribution < 1.29 is 0 Å². The van der Waals surface area contributed by atoms with E-state index in [4.69, 9.17) is 0 Å². The molecule has 0 atom stereocenters. The molecule has 0 fully saturated rings. The van der Waals surface area contributed by atoms with Crippen LogP contribution in [0.3, 0.4) is 0 Å². The van der Waals surface area contributed by atoms with Crippen LogP contribution in [0, 0.1) is 0 Å². The van der Waals surface area contributed by atoms with Gasteiger partial charge in [0.1, 0.15) is 0 Å². The van der Waals surface area contributed by atoms with Crippen molar-refractivity contribution in [3.63, 3.8) is 0 Å². The molecule has 1 heterocycles. The summed E-state index contributed by atoms with van der Waals surface area (Å²) in [5, 5.41) is 2.51. The number of benzene rings is 13. The highest BCUT2D eigenvalue weighted by molar-refractivity contribution is 6.16. The van der Waals surface area contributed by atoms with Crippen LogP contribution in [0.2, 0.25) is 0 Å². The Balaban J connectivity index is 0.905. The summed E-state index contributed by atoms with van der Waals surface area (Å²) >= 11 is 0. The van der Waals surface area contributed by atoms with Gasteiger partial charge in [-0.25, -0.2) is 0 Å². The first-order chi connectivity index (χ1) is 40.7. The Morgan fingerprint density at radius 2 is 0.683 bits per heavy atom. The summed E-state index contributed by atoms with van der Waals surface area (Å²) in [5.74, 6) is 0. The van der Waals surface area contributed by atoms with Crippen molar-refractivity contribution in [3.8, 4) is 72.4 Å². The molecule has 0 amide bonds. The third kappa shape index (κ3) is 5.87. The van der Waals surface area contributed by atoms with Crippen LogP contribution in [0.5, 0.6) is 0 Å². The van der Waals surface area contributed by atoms with E-state index in [-0.39, 0.29) is 0 Å². The Labute approximate surface area is 476 Å². The van der Waals surface area contributed by atoms with Gasteiger partial charge in [-0.3, -0.25) is 0 Å². The quantitative estimate of drug-likeness (QED) is 0.161. The fraction of sp³-hybridized carbons (Fsp3) is 0.0250. The largest absolute Gasteiger partial charge is 0.310 e. The fourth-order valence-electron chi connectivity index (χ4n) is 15.7. The van der Waals surface area contributed by atoms with Crippen LogP contribution in [0.25, 0.3) is 94.3 Å². The highest BCUT2D eigenvalue weighted by Gasteiger charge is 2.55. The second kappa shape index (κ2) is 17.0. The van der Waals surface area contributed by atoms with Crippen molar-refractivity contribution >= 4 is 38.9 Å². The molecule has 1 aromatic heterocycles. The van der Waals surface area contributed by atoms with E-state index >= 15 is 0 Å². The van der Waals surface area contributed by atoms with Crippen LogP contribution < -0.4 is 4.90 Å². The van der Waals surface area contributed by atoms with Crippen LogP contribution in [0.15, 0.2) is 303 Å². The first-order valence-corrected chi connectivity index (χ1v) is 28.7. The lowest BCUT2D eigenvalue weighted by atomic mass is 9.69. The Morgan fingerprint density at radius 1 is 0.256 bits per heavy atom. The molecule has 2 nitrogen and oxygen atoms in total. The monoisotopic (exact) mass is 1040 g/mol. The minimum Gasteiger partial charge on any atom is -0.310 e. The lowest BCUT2D eigenvalue weighted by Gasteiger charge is -2.36. The Kier molecular flexibility index (Phi) is 9.39. The third-order valence-corrected chi connectivity index (χ3v) is 18.8. The van der Waals surface area contributed by atoms with Gasteiger partial charge in [0.25, 0.3) is 0 Å². The topological polar surface area (TPSA) is 8.17 Å². The summed E-state index contributed by atoms with van der Waals surface area (Å²) in [6.45, 7) is 0. The molecule has 82 heavy (non-hydrogen) atoms. The summed E-state index contributed by atoms with van der Waals surface area (Å²) in [4.78, 5) is 2.59. The van der Waals surface area contributed by atoms with Gasteiger partial charge in [-0.15, -0.1) is 0 Å². The first kappa shape index (κ1) is 45.3. The molecule has 4 aliphatic carbocycles. The number of hydrogen-bond donors (Lipinski definition) is 0. The third-order valence-electron chi connectivity index (χ3n) is 18.8. The molecule has 0 aliphatic heterocycles. The molecule has 380 valence electrons. The second-order valence-electron chi connectivity index (χ2n) is 22.6. The molecular formula is C80H50N2. The van der Waals surface area contributed by atoms with Crippen LogP contribution in [0.4, 0.5) is 17.1 Å². The van der Waals surface area contributed by atoms with E-state index < -0.39 is 10.8 Å². The van der Waals surface area contributed by atoms with Crippen molar-refractivity contribution in [1.82, 2.24) is 4.57 Å². The van der Waals surface area contributed by atoms with Crippen molar-refractivity contribution in [2.75, 3.05) is 4.90 Å². The highest BCUT2D eigenvalue weighted by atomic mass is 15.1. The molecule has 14 aromatic rings. The van der Waals surface area contributed by atoms with Gasteiger partial charge in [0.15, 0.2) is 0 Å². The molecule has 0 radical (unpaired) electrons. The number of hydrogen-bond acceptors (Lipinski definition) is 1. The highest BCUT2D eigenvalue weighted by Crippen LogP contribution is 2.67.